The number of thiazole rings is 1. The Hall–Kier alpha value is -3.31. The van der Waals surface area contributed by atoms with Crippen LogP contribution < -0.4 is 10.1 Å². The highest BCUT2D eigenvalue weighted by atomic mass is 32.2. The van der Waals surface area contributed by atoms with E-state index in [-0.39, 0.29) is 22.1 Å². The number of nitrogens with zero attached hydrogens (tertiary/aromatic N) is 2. The first-order valence-corrected chi connectivity index (χ1v) is 14.3. The lowest BCUT2D eigenvalue weighted by molar-refractivity contribution is -0.117. The topological polar surface area (TPSA) is 136 Å². The van der Waals surface area contributed by atoms with Crippen molar-refractivity contribution in [2.75, 3.05) is 11.6 Å². The number of hydrogen-bond acceptors (Lipinski definition) is 8. The van der Waals surface area contributed by atoms with Gasteiger partial charge in [0.2, 0.25) is 11.0 Å². The van der Waals surface area contributed by atoms with Crippen LogP contribution in [0.2, 0.25) is 0 Å². The molecule has 1 aromatic carbocycles. The minimum absolute atomic E-state index is 0.00228. The lowest BCUT2D eigenvalue weighted by atomic mass is 9.89. The monoisotopic (exact) mass is 529 g/mol. The van der Waals surface area contributed by atoms with Gasteiger partial charge in [0.25, 0.3) is 0 Å². The van der Waals surface area contributed by atoms with Crippen molar-refractivity contribution in [3.63, 3.8) is 0 Å². The van der Waals surface area contributed by atoms with Gasteiger partial charge in [0, 0.05) is 12.5 Å². The number of carboxylic acid groups (broad SMARTS) is 1. The molecule has 0 radical (unpaired) electrons. The Morgan fingerprint density at radius 3 is 2.56 bits per heavy atom. The highest BCUT2D eigenvalue weighted by Crippen LogP contribution is 2.35. The van der Waals surface area contributed by atoms with E-state index in [2.05, 4.69) is 15.3 Å². The molecule has 1 aliphatic carbocycles. The predicted octanol–water partition coefficient (Wildman–Crippen LogP) is 5.12. The van der Waals surface area contributed by atoms with Crippen LogP contribution in [0.5, 0.6) is 10.8 Å². The molecule has 0 spiro atoms. The minimum atomic E-state index is -3.33. The molecule has 190 valence electrons. The number of nitrogens with one attached hydrogen (secondary N) is 1. The van der Waals surface area contributed by atoms with Gasteiger partial charge >= 0.3 is 5.97 Å². The number of sulfone groups is 1. The van der Waals surface area contributed by atoms with Crippen molar-refractivity contribution < 1.29 is 27.9 Å². The summed E-state index contributed by atoms with van der Waals surface area (Å²) < 4.78 is 29.3. The lowest BCUT2D eigenvalue weighted by Gasteiger charge is -2.19. The van der Waals surface area contributed by atoms with Crippen molar-refractivity contribution in [1.29, 1.82) is 0 Å². The molecular weight excluding hydrogens is 502 g/mol. The zero-order valence-electron chi connectivity index (χ0n) is 19.7. The maximum atomic E-state index is 13.3. The quantitative estimate of drug-likeness (QED) is 0.369. The molecule has 9 nitrogen and oxygen atoms in total. The van der Waals surface area contributed by atoms with Gasteiger partial charge in [-0.25, -0.2) is 18.2 Å². The van der Waals surface area contributed by atoms with Crippen molar-refractivity contribution in [2.24, 2.45) is 5.92 Å². The van der Waals surface area contributed by atoms with Gasteiger partial charge in [-0.3, -0.25) is 9.78 Å². The summed E-state index contributed by atoms with van der Waals surface area (Å²) in [6.45, 7) is 0. The summed E-state index contributed by atoms with van der Waals surface area (Å²) in [6, 6.07) is 7.83. The molecule has 36 heavy (non-hydrogen) atoms. The summed E-state index contributed by atoms with van der Waals surface area (Å²) in [7, 11) is -3.33. The molecule has 0 bridgehead atoms. The van der Waals surface area contributed by atoms with Crippen molar-refractivity contribution in [1.82, 2.24) is 9.97 Å². The highest BCUT2D eigenvalue weighted by Gasteiger charge is 2.25. The Balaban J connectivity index is 1.47. The number of carbonyl (C=O) groups excluding carboxylic acids is 1. The molecule has 0 unspecified atom stereocenters. The maximum Gasteiger partial charge on any atom is 0.337 e. The fourth-order valence-electron chi connectivity index (χ4n) is 4.36. The molecule has 2 heterocycles. The number of pyridine rings is 1. The first kappa shape index (κ1) is 25.8. The number of ether oxygens (including phenoxy) is 1. The van der Waals surface area contributed by atoms with Crippen molar-refractivity contribution in [3.05, 3.63) is 60.0 Å². The normalized spacial score (nSPS) is 14.9. The van der Waals surface area contributed by atoms with E-state index in [1.807, 2.05) is 0 Å². The molecule has 0 saturated heterocycles. The smallest absolute Gasteiger partial charge is 0.337 e. The van der Waals surface area contributed by atoms with Crippen LogP contribution in [0, 0.1) is 5.92 Å². The standard InChI is InChI=1S/C25H27N3O6S2/c1-36(32,33)20-9-7-17(8-10-20)21(11-6-16-4-2-3-5-16)23(29)28-25-27-15-22(35-25)34-19-12-18(24(30)31)13-26-14-19/h7-10,12-16,21H,2-6,11H2,1H3,(H,30,31)(H,27,28,29)/t21-/m1/s1. The number of benzene rings is 1. The van der Waals surface area contributed by atoms with Crippen molar-refractivity contribution in [3.8, 4) is 10.8 Å². The average Bonchev–Trinajstić information content (AvgIpc) is 3.51. The SMILES string of the molecule is CS(=O)(=O)c1ccc([C@@H](CCC2CCCC2)C(=O)Nc2ncc(Oc3cncc(C(=O)O)c3)s2)cc1. The number of amides is 1. The molecule has 11 heteroatoms. The van der Waals surface area contributed by atoms with Crippen LogP contribution in [0.15, 0.2) is 53.8 Å². The van der Waals surface area contributed by atoms with E-state index in [0.29, 0.717) is 22.5 Å². The zero-order valence-corrected chi connectivity index (χ0v) is 21.3. The Bertz CT molecular complexity index is 1330. The Morgan fingerprint density at radius 2 is 1.89 bits per heavy atom. The number of carbonyl (C=O) groups is 2. The Kier molecular flexibility index (Phi) is 8.00. The molecule has 1 fully saturated rings. The first-order chi connectivity index (χ1) is 17.2. The van der Waals surface area contributed by atoms with Gasteiger partial charge in [0.15, 0.2) is 15.0 Å². The number of aromatic nitrogens is 2. The van der Waals surface area contributed by atoms with Crippen molar-refractivity contribution in [2.45, 2.75) is 49.3 Å². The molecule has 1 saturated carbocycles. The van der Waals surface area contributed by atoms with Gasteiger partial charge in [-0.2, -0.15) is 0 Å². The van der Waals surface area contributed by atoms with Crippen LogP contribution in [-0.2, 0) is 14.6 Å². The summed E-state index contributed by atoms with van der Waals surface area (Å²) in [6.07, 6.45) is 11.6. The lowest BCUT2D eigenvalue weighted by Crippen LogP contribution is -2.22. The van der Waals surface area contributed by atoms with E-state index in [9.17, 15) is 18.0 Å². The van der Waals surface area contributed by atoms with Gasteiger partial charge < -0.3 is 15.2 Å². The second-order valence-corrected chi connectivity index (χ2v) is 11.9. The maximum absolute atomic E-state index is 13.3. The van der Waals surface area contributed by atoms with Crippen molar-refractivity contribution >= 4 is 38.2 Å². The van der Waals surface area contributed by atoms with E-state index in [4.69, 9.17) is 9.84 Å². The molecular formula is C25H27N3O6S2. The fraction of sp³-hybridized carbons (Fsp3) is 0.360. The number of aromatic carboxylic acids is 1. The third-order valence-electron chi connectivity index (χ3n) is 6.26. The average molecular weight is 530 g/mol. The number of hydrogen-bond donors (Lipinski definition) is 2. The number of anilines is 1. The van der Waals surface area contributed by atoms with Crippen LogP contribution >= 0.6 is 11.3 Å². The fourth-order valence-corrected chi connectivity index (χ4v) is 5.68. The van der Waals surface area contributed by atoms with Crippen LogP contribution in [0.3, 0.4) is 0 Å². The van der Waals surface area contributed by atoms with Crippen LogP contribution in [0.25, 0.3) is 0 Å². The van der Waals surface area contributed by atoms with E-state index in [1.165, 1.54) is 62.5 Å². The minimum Gasteiger partial charge on any atom is -0.478 e. The summed E-state index contributed by atoms with van der Waals surface area (Å²) in [4.78, 5) is 32.7. The number of rotatable bonds is 10. The van der Waals surface area contributed by atoms with E-state index >= 15 is 0 Å². The second kappa shape index (κ2) is 11.2. The molecule has 0 aliphatic heterocycles. The summed E-state index contributed by atoms with van der Waals surface area (Å²) in [5, 5.41) is 12.7. The Labute approximate surface area is 213 Å². The van der Waals surface area contributed by atoms with E-state index < -0.39 is 21.7 Å². The van der Waals surface area contributed by atoms with E-state index in [0.717, 1.165) is 29.6 Å². The summed E-state index contributed by atoms with van der Waals surface area (Å²) in [5.41, 5.74) is 0.750. The third-order valence-corrected chi connectivity index (χ3v) is 8.18. The van der Waals surface area contributed by atoms with Crippen LogP contribution in [0.4, 0.5) is 5.13 Å². The van der Waals surface area contributed by atoms with Crippen LogP contribution in [-0.4, -0.2) is 41.6 Å². The molecule has 1 aliphatic rings. The molecule has 4 rings (SSSR count). The zero-order chi connectivity index (χ0) is 25.7. The third kappa shape index (κ3) is 6.67. The van der Waals surface area contributed by atoms with Gasteiger partial charge in [0.1, 0.15) is 5.75 Å². The van der Waals surface area contributed by atoms with Gasteiger partial charge in [0.05, 0.1) is 28.8 Å². The number of carboxylic acids is 1. The summed E-state index contributed by atoms with van der Waals surface area (Å²) >= 11 is 1.11. The van der Waals surface area contributed by atoms with Gasteiger partial charge in [-0.1, -0.05) is 49.2 Å². The summed E-state index contributed by atoms with van der Waals surface area (Å²) in [5.74, 6) is -0.944. The van der Waals surface area contributed by atoms with Crippen LogP contribution in [0.1, 0.15) is 60.4 Å². The highest BCUT2D eigenvalue weighted by molar-refractivity contribution is 7.90. The van der Waals surface area contributed by atoms with E-state index in [1.54, 1.807) is 12.1 Å². The molecule has 2 N–H and O–H groups in total. The second-order valence-electron chi connectivity index (χ2n) is 8.91. The first-order valence-electron chi connectivity index (χ1n) is 11.6. The van der Waals surface area contributed by atoms with Gasteiger partial charge in [-0.05, 0) is 42.5 Å². The molecule has 1 atom stereocenters. The molecule has 3 aromatic rings. The molecule has 1 amide bonds. The largest absolute Gasteiger partial charge is 0.478 e. The Morgan fingerprint density at radius 1 is 1.17 bits per heavy atom. The molecule has 2 aromatic heterocycles. The predicted molar refractivity (Wildman–Crippen MR) is 135 cm³/mol. The van der Waals surface area contributed by atoms with Gasteiger partial charge in [-0.15, -0.1) is 0 Å².